The Kier molecular flexibility index (Phi) is 13.6. The first-order valence-corrected chi connectivity index (χ1v) is 27.9. The number of hydrogen-bond donors (Lipinski definition) is 0. The Balaban J connectivity index is 0.000000156. The summed E-state index contributed by atoms with van der Waals surface area (Å²) in [6, 6.07) is 82.3. The number of hydrogen-bond acceptors (Lipinski definition) is 8. The van der Waals surface area contributed by atoms with Crippen molar-refractivity contribution in [1.29, 1.82) is 0 Å². The molecule has 15 rings (SSSR count). The Morgan fingerprint density at radius 3 is 1.00 bits per heavy atom. The SMILES string of the molecule is C.CC1(C)OB(c2ccc(-c3nc4ccccc4c4c3ccc3nc(-c5ccccc5)c(-c5ccccc5)nc34)cc2)OC1(C)C.Clc1ccc(-c2nc3ccccc3c3c2ccc2nc(-c4ccccc4)c(-c4ccccc4)nc23)cc1. The van der Waals surface area contributed by atoms with Gasteiger partial charge in [-0.3, -0.25) is 0 Å². The van der Waals surface area contributed by atoms with E-state index in [1.165, 1.54) is 0 Å². The van der Waals surface area contributed by atoms with Crippen molar-refractivity contribution in [3.05, 3.63) is 248 Å². The topological polar surface area (TPSA) is 95.8 Å². The molecule has 0 N–H and O–H groups in total. The van der Waals surface area contributed by atoms with Crippen LogP contribution in [0.15, 0.2) is 243 Å². The lowest BCUT2D eigenvalue weighted by molar-refractivity contribution is 0.00578. The van der Waals surface area contributed by atoms with E-state index in [1.807, 2.05) is 115 Å². The van der Waals surface area contributed by atoms with Crippen molar-refractivity contribution in [2.45, 2.75) is 46.3 Å². The average molecular weight is 1100 g/mol. The second-order valence-electron chi connectivity index (χ2n) is 21.7. The molecule has 0 saturated carbocycles. The minimum Gasteiger partial charge on any atom is -0.399 e. The predicted molar refractivity (Wildman–Crippen MR) is 345 cm³/mol. The zero-order valence-electron chi connectivity index (χ0n) is 45.5. The zero-order chi connectivity index (χ0) is 55.5. The van der Waals surface area contributed by atoms with Crippen LogP contribution in [0.25, 0.3) is 133 Å². The Morgan fingerprint density at radius 1 is 0.301 bits per heavy atom. The van der Waals surface area contributed by atoms with Crippen molar-refractivity contribution < 1.29 is 9.31 Å². The van der Waals surface area contributed by atoms with E-state index in [1.54, 1.807) is 0 Å². The van der Waals surface area contributed by atoms with Crippen molar-refractivity contribution in [2.24, 2.45) is 0 Å². The normalized spacial score (nSPS) is 13.6. The summed E-state index contributed by atoms with van der Waals surface area (Å²) in [6.07, 6.45) is 0. The van der Waals surface area contributed by atoms with Crippen molar-refractivity contribution in [2.75, 3.05) is 0 Å². The molecule has 4 aromatic heterocycles. The van der Waals surface area contributed by atoms with Crippen LogP contribution in [0, 0.1) is 0 Å². The molecule has 1 aliphatic heterocycles. The highest BCUT2D eigenvalue weighted by molar-refractivity contribution is 6.62. The summed E-state index contributed by atoms with van der Waals surface area (Å²) in [5, 5.41) is 6.98. The number of para-hydroxylation sites is 2. The van der Waals surface area contributed by atoms with Gasteiger partial charge in [-0.05, 0) is 81.7 Å². The van der Waals surface area contributed by atoms with E-state index in [0.717, 1.165) is 138 Å². The van der Waals surface area contributed by atoms with Gasteiger partial charge in [-0.2, -0.15) is 0 Å². The number of aromatic nitrogens is 6. The molecule has 1 aliphatic rings. The molecule has 1 fully saturated rings. The van der Waals surface area contributed by atoms with Gasteiger partial charge in [0.25, 0.3) is 0 Å². The maximum Gasteiger partial charge on any atom is 0.494 e. The molecule has 0 spiro atoms. The Bertz CT molecular complexity index is 4730. The minimum atomic E-state index is -0.417. The van der Waals surface area contributed by atoms with Gasteiger partial charge < -0.3 is 9.31 Å². The first-order chi connectivity index (χ1) is 40.0. The quantitative estimate of drug-likeness (QED) is 0.115. The molecular formula is C73H56BClN6O2. The fraction of sp³-hybridized carbons (Fsp3) is 0.0959. The molecule has 0 unspecified atom stereocenters. The van der Waals surface area contributed by atoms with E-state index < -0.39 is 18.3 Å². The molecule has 10 aromatic carbocycles. The Labute approximate surface area is 487 Å². The second-order valence-corrected chi connectivity index (χ2v) is 22.1. The molecule has 0 amide bonds. The highest BCUT2D eigenvalue weighted by Crippen LogP contribution is 2.42. The lowest BCUT2D eigenvalue weighted by atomic mass is 9.78. The summed E-state index contributed by atoms with van der Waals surface area (Å²) in [7, 11) is -0.417. The van der Waals surface area contributed by atoms with Gasteiger partial charge in [-0.15, -0.1) is 0 Å². The number of benzene rings is 10. The third-order valence-electron chi connectivity index (χ3n) is 16.0. The van der Waals surface area contributed by atoms with E-state index in [-0.39, 0.29) is 7.43 Å². The third-order valence-corrected chi connectivity index (χ3v) is 16.3. The molecule has 8 nitrogen and oxygen atoms in total. The zero-order valence-corrected chi connectivity index (χ0v) is 46.3. The Hall–Kier alpha value is -9.51. The number of fused-ring (bicyclic) bond motifs is 10. The maximum atomic E-state index is 6.31. The predicted octanol–water partition coefficient (Wildman–Crippen LogP) is 18.3. The molecule has 5 heterocycles. The molecule has 14 aromatic rings. The van der Waals surface area contributed by atoms with Crippen LogP contribution in [0.5, 0.6) is 0 Å². The van der Waals surface area contributed by atoms with Crippen molar-refractivity contribution >= 4 is 89.6 Å². The van der Waals surface area contributed by atoms with E-state index in [0.29, 0.717) is 5.02 Å². The van der Waals surface area contributed by atoms with Crippen LogP contribution in [-0.4, -0.2) is 48.2 Å². The number of pyridine rings is 2. The smallest absolute Gasteiger partial charge is 0.399 e. The summed E-state index contributed by atoms with van der Waals surface area (Å²) in [5.41, 5.74) is 16.9. The minimum absolute atomic E-state index is 0. The van der Waals surface area contributed by atoms with Crippen molar-refractivity contribution in [1.82, 2.24) is 29.9 Å². The summed E-state index contributed by atoms with van der Waals surface area (Å²) in [6.45, 7) is 8.30. The molecule has 0 atom stereocenters. The van der Waals surface area contributed by atoms with Crippen LogP contribution in [0.1, 0.15) is 35.1 Å². The van der Waals surface area contributed by atoms with Crippen molar-refractivity contribution in [3.63, 3.8) is 0 Å². The van der Waals surface area contributed by atoms with Crippen LogP contribution in [0.4, 0.5) is 0 Å². The number of nitrogens with zero attached hydrogens (tertiary/aromatic N) is 6. The van der Waals surface area contributed by atoms with Crippen molar-refractivity contribution in [3.8, 4) is 67.5 Å². The molecule has 0 bridgehead atoms. The first kappa shape index (κ1) is 52.8. The molecule has 0 aliphatic carbocycles. The summed E-state index contributed by atoms with van der Waals surface area (Å²) in [5.74, 6) is 0. The van der Waals surface area contributed by atoms with Gasteiger partial charge >= 0.3 is 7.12 Å². The lowest BCUT2D eigenvalue weighted by Crippen LogP contribution is -2.41. The fourth-order valence-corrected chi connectivity index (χ4v) is 11.3. The lowest BCUT2D eigenvalue weighted by Gasteiger charge is -2.32. The molecule has 1 saturated heterocycles. The number of halogens is 1. The highest BCUT2D eigenvalue weighted by Gasteiger charge is 2.51. The number of rotatable bonds is 7. The maximum absolute atomic E-state index is 6.31. The van der Waals surface area contributed by atoms with Gasteiger partial charge in [0.05, 0.1) is 78.5 Å². The largest absolute Gasteiger partial charge is 0.494 e. The second kappa shape index (κ2) is 21.4. The summed E-state index contributed by atoms with van der Waals surface area (Å²) >= 11 is 6.19. The third kappa shape index (κ3) is 9.62. The monoisotopic (exact) mass is 1090 g/mol. The molecule has 0 radical (unpaired) electrons. The molecule has 83 heavy (non-hydrogen) atoms. The van der Waals surface area contributed by atoms with Gasteiger partial charge in [0.15, 0.2) is 0 Å². The van der Waals surface area contributed by atoms with Gasteiger partial charge in [0, 0.05) is 70.7 Å². The Morgan fingerprint density at radius 2 is 0.614 bits per heavy atom. The molecular weight excluding hydrogens is 1040 g/mol. The van der Waals surface area contributed by atoms with E-state index in [9.17, 15) is 0 Å². The van der Waals surface area contributed by atoms with E-state index in [4.69, 9.17) is 50.8 Å². The fourth-order valence-electron chi connectivity index (χ4n) is 11.1. The van der Waals surface area contributed by atoms with Gasteiger partial charge in [-0.25, -0.2) is 29.9 Å². The first-order valence-electron chi connectivity index (χ1n) is 27.6. The van der Waals surface area contributed by atoms with E-state index >= 15 is 0 Å². The summed E-state index contributed by atoms with van der Waals surface area (Å²) in [4.78, 5) is 31.4. The van der Waals surface area contributed by atoms with Crippen LogP contribution in [0.3, 0.4) is 0 Å². The molecule has 10 heteroatoms. The average Bonchev–Trinajstić information content (AvgIpc) is 3.84. The van der Waals surface area contributed by atoms with Gasteiger partial charge in [0.1, 0.15) is 0 Å². The van der Waals surface area contributed by atoms with Crippen LogP contribution >= 0.6 is 11.6 Å². The summed E-state index contributed by atoms with van der Waals surface area (Å²) < 4.78 is 12.6. The van der Waals surface area contributed by atoms with E-state index in [2.05, 4.69) is 155 Å². The van der Waals surface area contributed by atoms with Crippen LogP contribution in [0.2, 0.25) is 5.02 Å². The van der Waals surface area contributed by atoms with Crippen LogP contribution in [-0.2, 0) is 9.31 Å². The van der Waals surface area contributed by atoms with Crippen LogP contribution < -0.4 is 5.46 Å². The standard InChI is InChI=1S/C39H32BN3O2.C33H20ClN3.CH4/c1-38(2)39(3,4)45-40(44-38)28-21-19-27(20-22-28)34-30-23-24-32-37(33(30)29-17-11-12-18-31(29)41-34)43-36(26-15-9-6-10-16-26)35(42-32)25-13-7-5-8-14-25;34-24-17-15-23(16-18-24)30-26-19-20-28-33(29(26)25-13-7-8-14-27(25)35-30)37-32(22-11-5-2-6-12-22)31(36-28)21-9-3-1-4-10-21;/h5-24H,1-4H3;1-20H;1H4. The van der Waals surface area contributed by atoms with Gasteiger partial charge in [0.2, 0.25) is 0 Å². The highest BCUT2D eigenvalue weighted by atomic mass is 35.5. The molecule has 400 valence electrons. The van der Waals surface area contributed by atoms with Gasteiger partial charge in [-0.1, -0.05) is 213 Å².